The zero-order valence-electron chi connectivity index (χ0n) is 26.8. The number of unbranched alkanes of at least 4 members (excludes halogenated alkanes) is 3. The summed E-state index contributed by atoms with van der Waals surface area (Å²) < 4.78 is 13.6. The Morgan fingerprint density at radius 2 is 1.50 bits per heavy atom. The van der Waals surface area contributed by atoms with E-state index in [1.807, 2.05) is 60.7 Å². The van der Waals surface area contributed by atoms with Gasteiger partial charge in [0.15, 0.2) is 0 Å². The highest BCUT2D eigenvalue weighted by molar-refractivity contribution is 7.99. The Morgan fingerprint density at radius 1 is 0.881 bits per heavy atom. The van der Waals surface area contributed by atoms with Gasteiger partial charge in [-0.1, -0.05) is 121 Å². The van der Waals surface area contributed by atoms with E-state index in [9.17, 15) is 9.59 Å². The molecule has 5 heteroatoms. The molecule has 2 aromatic carbocycles. The summed E-state index contributed by atoms with van der Waals surface area (Å²) in [4.78, 5) is 28.0. The molecule has 42 heavy (non-hydrogen) atoms. The number of benzene rings is 2. The topological polar surface area (TPSA) is 52.6 Å². The summed E-state index contributed by atoms with van der Waals surface area (Å²) in [7, 11) is 0. The Bertz CT molecular complexity index is 1030. The van der Waals surface area contributed by atoms with Crippen molar-refractivity contribution in [1.82, 2.24) is 0 Å². The molecule has 4 atom stereocenters. The molecule has 0 amide bonds. The van der Waals surface area contributed by atoms with Crippen molar-refractivity contribution >= 4 is 23.5 Å². The number of hydrogen-bond acceptors (Lipinski definition) is 5. The second-order valence-corrected chi connectivity index (χ2v) is 14.2. The highest BCUT2D eigenvalue weighted by Crippen LogP contribution is 2.42. The first-order valence-corrected chi connectivity index (χ1v) is 17.4. The van der Waals surface area contributed by atoms with Crippen LogP contribution in [0, 0.1) is 23.7 Å². The first-order chi connectivity index (χ1) is 20.2. The Morgan fingerprint density at radius 3 is 2.05 bits per heavy atom. The minimum atomic E-state index is -1.42. The van der Waals surface area contributed by atoms with Crippen molar-refractivity contribution in [1.29, 1.82) is 0 Å². The van der Waals surface area contributed by atoms with E-state index in [0.717, 1.165) is 55.4 Å². The molecule has 3 rings (SSSR count). The average Bonchev–Trinajstić information content (AvgIpc) is 3.16. The molecular weight excluding hydrogens is 540 g/mol. The van der Waals surface area contributed by atoms with Crippen LogP contribution in [0.15, 0.2) is 60.7 Å². The predicted molar refractivity (Wildman–Crippen MR) is 175 cm³/mol. The lowest BCUT2D eigenvalue weighted by molar-refractivity contribution is -0.179. The van der Waals surface area contributed by atoms with Crippen LogP contribution in [-0.4, -0.2) is 29.0 Å². The molecule has 0 aliphatic heterocycles. The number of esters is 1. The van der Waals surface area contributed by atoms with Crippen molar-refractivity contribution < 1.29 is 19.1 Å². The minimum Gasteiger partial charge on any atom is -0.460 e. The van der Waals surface area contributed by atoms with Gasteiger partial charge in [-0.3, -0.25) is 4.79 Å². The summed E-state index contributed by atoms with van der Waals surface area (Å²) in [6, 6.07) is 19.6. The Balaban J connectivity index is 1.97. The van der Waals surface area contributed by atoms with Gasteiger partial charge in [-0.2, -0.15) is 0 Å². The number of rotatable bonds is 16. The van der Waals surface area contributed by atoms with Gasteiger partial charge >= 0.3 is 5.97 Å². The lowest BCUT2D eigenvalue weighted by Gasteiger charge is -2.38. The summed E-state index contributed by atoms with van der Waals surface area (Å²) in [6.07, 6.45) is 7.91. The summed E-state index contributed by atoms with van der Waals surface area (Å²) in [5.74, 6) is 1.89. The van der Waals surface area contributed by atoms with Crippen molar-refractivity contribution in [3.8, 4) is 0 Å². The lowest BCUT2D eigenvalue weighted by Crippen LogP contribution is -2.46. The maximum atomic E-state index is 14.7. The third kappa shape index (κ3) is 9.71. The number of carbonyl (C=O) groups is 2. The smallest absolute Gasteiger partial charge is 0.348 e. The van der Waals surface area contributed by atoms with Crippen LogP contribution in [0.2, 0.25) is 0 Å². The molecule has 0 heterocycles. The van der Waals surface area contributed by atoms with E-state index in [4.69, 9.17) is 9.47 Å². The van der Waals surface area contributed by atoms with Crippen LogP contribution in [0.3, 0.4) is 0 Å². The van der Waals surface area contributed by atoms with Crippen molar-refractivity contribution in [3.63, 3.8) is 0 Å². The first-order valence-electron chi connectivity index (χ1n) is 16.3. The zero-order chi connectivity index (χ0) is 30.5. The largest absolute Gasteiger partial charge is 0.460 e. The van der Waals surface area contributed by atoms with Gasteiger partial charge in [-0.25, -0.2) is 4.79 Å². The lowest BCUT2D eigenvalue weighted by atomic mass is 9.85. The van der Waals surface area contributed by atoms with Crippen LogP contribution in [0.25, 0.3) is 0 Å². The Kier molecular flexibility index (Phi) is 14.1. The minimum absolute atomic E-state index is 0.0526. The quantitative estimate of drug-likeness (QED) is 0.0838. The van der Waals surface area contributed by atoms with Gasteiger partial charge in [0.25, 0.3) is 0 Å². The zero-order valence-corrected chi connectivity index (χ0v) is 27.7. The summed E-state index contributed by atoms with van der Waals surface area (Å²) >= 11 is 1.76. The van der Waals surface area contributed by atoms with Gasteiger partial charge in [-0.15, -0.1) is 11.8 Å². The molecule has 0 saturated heterocycles. The number of Topliss-reactive ketones (excluding diaryl/α,β-unsaturated/α-hetero) is 1. The second-order valence-electron chi connectivity index (χ2n) is 13.0. The Labute approximate surface area is 259 Å². The van der Waals surface area contributed by atoms with Gasteiger partial charge in [0.2, 0.25) is 5.60 Å². The molecule has 0 bridgehead atoms. The molecule has 1 aliphatic rings. The molecule has 1 fully saturated rings. The molecule has 4 unspecified atom stereocenters. The van der Waals surface area contributed by atoms with Gasteiger partial charge < -0.3 is 9.47 Å². The van der Waals surface area contributed by atoms with Crippen molar-refractivity contribution in [2.45, 2.75) is 116 Å². The predicted octanol–water partition coefficient (Wildman–Crippen LogP) is 9.60. The van der Waals surface area contributed by atoms with Crippen LogP contribution in [-0.2, 0) is 24.7 Å². The molecule has 0 aromatic heterocycles. The molecule has 4 nitrogen and oxygen atoms in total. The van der Waals surface area contributed by atoms with Crippen LogP contribution >= 0.6 is 11.8 Å². The number of ketones is 1. The van der Waals surface area contributed by atoms with Gasteiger partial charge in [0, 0.05) is 12.3 Å². The molecule has 1 saturated carbocycles. The summed E-state index contributed by atoms with van der Waals surface area (Å²) in [5, 5.41) is 0. The summed E-state index contributed by atoms with van der Waals surface area (Å²) in [6.45, 7) is 13.1. The number of carbonyl (C=O) groups excluding carboxylic acids is 2. The van der Waals surface area contributed by atoms with E-state index in [1.165, 1.54) is 6.42 Å². The summed E-state index contributed by atoms with van der Waals surface area (Å²) in [5.41, 5.74) is -0.105. The normalized spacial score (nSPS) is 20.3. The van der Waals surface area contributed by atoms with Gasteiger partial charge in [0.1, 0.15) is 17.3 Å². The van der Waals surface area contributed by atoms with E-state index in [1.54, 1.807) is 11.8 Å². The molecule has 232 valence electrons. The van der Waals surface area contributed by atoms with E-state index in [2.05, 4.69) is 41.5 Å². The van der Waals surface area contributed by atoms with E-state index >= 15 is 0 Å². The van der Waals surface area contributed by atoms with E-state index < -0.39 is 5.60 Å². The maximum absolute atomic E-state index is 14.7. The highest BCUT2D eigenvalue weighted by atomic mass is 32.2. The fraction of sp³-hybridized carbons (Fsp3) is 0.622. The van der Waals surface area contributed by atoms with Crippen LogP contribution in [0.5, 0.6) is 0 Å². The van der Waals surface area contributed by atoms with Crippen molar-refractivity contribution in [2.24, 2.45) is 23.7 Å². The molecular formula is C37H54O4S. The molecule has 2 aromatic rings. The third-order valence-electron chi connectivity index (χ3n) is 8.31. The molecule has 1 aliphatic carbocycles. The molecule has 0 N–H and O–H groups in total. The SMILES string of the molecule is CCCCCCC(=O)C1CCC(C)CC(OC(=O)C(OC(SCC(C)C)C(C)C)(c2ccccc2)c2ccccc2)C1. The standard InChI is InChI=1S/C37H54O4S/c1-7-8-9-16-21-34(38)30-23-22-29(6)24-33(25-30)40-36(39)37(31-17-12-10-13-18-31,32-19-14-11-15-20-32)41-35(28(4)5)42-26-27(2)3/h10-15,17-20,27-30,33,35H,7-9,16,21-26H2,1-6H3. The van der Waals surface area contributed by atoms with Crippen LogP contribution in [0.4, 0.5) is 0 Å². The number of thioether (sulfide) groups is 1. The average molecular weight is 595 g/mol. The van der Waals surface area contributed by atoms with E-state index in [-0.39, 0.29) is 29.3 Å². The maximum Gasteiger partial charge on any atom is 0.348 e. The number of ether oxygens (including phenoxy) is 2. The fourth-order valence-corrected chi connectivity index (χ4v) is 7.07. The Hall–Kier alpha value is -2.11. The fourth-order valence-electron chi connectivity index (χ4n) is 5.89. The highest BCUT2D eigenvalue weighted by Gasteiger charge is 2.48. The molecule has 0 spiro atoms. The van der Waals surface area contributed by atoms with Gasteiger partial charge in [-0.05, 0) is 66.7 Å². The van der Waals surface area contributed by atoms with Crippen molar-refractivity contribution in [2.75, 3.05) is 5.75 Å². The monoisotopic (exact) mass is 594 g/mol. The van der Waals surface area contributed by atoms with E-state index in [0.29, 0.717) is 30.5 Å². The third-order valence-corrected chi connectivity index (χ3v) is 10.1. The second kappa shape index (κ2) is 17.3. The first kappa shape index (κ1) is 34.4. The van der Waals surface area contributed by atoms with Crippen molar-refractivity contribution in [3.05, 3.63) is 71.8 Å². The number of hydrogen-bond donors (Lipinski definition) is 0. The van der Waals surface area contributed by atoms with Crippen LogP contribution in [0.1, 0.15) is 110 Å². The molecule has 0 radical (unpaired) electrons. The van der Waals surface area contributed by atoms with Crippen LogP contribution < -0.4 is 0 Å². The van der Waals surface area contributed by atoms with Gasteiger partial charge in [0.05, 0.1) is 0 Å².